The predicted molar refractivity (Wildman–Crippen MR) is 55.1 cm³/mol. The lowest BCUT2D eigenvalue weighted by atomic mass is 10.1. The Hall–Kier alpha value is -1.62. The summed E-state index contributed by atoms with van der Waals surface area (Å²) in [7, 11) is 0. The number of para-hydroxylation sites is 1. The molecule has 0 bridgehead atoms. The minimum Gasteiger partial charge on any atom is -0.381 e. The largest absolute Gasteiger partial charge is 0.381 e. The van der Waals surface area contributed by atoms with Gasteiger partial charge in [-0.05, 0) is 12.1 Å². The normalized spacial score (nSPS) is 15.7. The summed E-state index contributed by atoms with van der Waals surface area (Å²) >= 11 is 0. The molecular formula is C10H12N2O3. The van der Waals surface area contributed by atoms with Crippen LogP contribution in [0.2, 0.25) is 0 Å². The van der Waals surface area contributed by atoms with Crippen molar-refractivity contribution in [2.45, 2.75) is 0 Å². The summed E-state index contributed by atoms with van der Waals surface area (Å²) in [6.07, 6.45) is 0. The number of rotatable bonds is 4. The van der Waals surface area contributed by atoms with Crippen LogP contribution in [-0.4, -0.2) is 24.8 Å². The van der Waals surface area contributed by atoms with E-state index in [1.807, 2.05) is 6.07 Å². The molecule has 0 unspecified atom stereocenters. The number of hydrogen-bond acceptors (Lipinski definition) is 3. The van der Waals surface area contributed by atoms with Crippen molar-refractivity contribution in [1.82, 2.24) is 0 Å². The lowest BCUT2D eigenvalue weighted by Crippen LogP contribution is -2.42. The molecule has 1 heterocycles. The minimum atomic E-state index is -0.367. The Morgan fingerprint density at radius 1 is 1.40 bits per heavy atom. The predicted octanol–water partition coefficient (Wildman–Crippen LogP) is 1.33. The Bertz CT molecular complexity index is 338. The first-order valence-electron chi connectivity index (χ1n) is 4.82. The van der Waals surface area contributed by atoms with Crippen LogP contribution < -0.4 is 5.01 Å². The van der Waals surface area contributed by atoms with E-state index in [2.05, 4.69) is 0 Å². The van der Waals surface area contributed by atoms with Crippen molar-refractivity contribution in [2.24, 2.45) is 5.92 Å². The molecule has 5 nitrogen and oxygen atoms in total. The third-order valence-electron chi connectivity index (χ3n) is 2.39. The molecule has 1 aromatic carbocycles. The molecule has 80 valence electrons. The van der Waals surface area contributed by atoms with Gasteiger partial charge in [-0.15, -0.1) is 0 Å². The van der Waals surface area contributed by atoms with E-state index in [-0.39, 0.29) is 11.0 Å². The maximum absolute atomic E-state index is 10.9. The van der Waals surface area contributed by atoms with Crippen molar-refractivity contribution in [1.29, 1.82) is 0 Å². The summed E-state index contributed by atoms with van der Waals surface area (Å²) in [4.78, 5) is 10.9. The second kappa shape index (κ2) is 4.27. The highest BCUT2D eigenvalue weighted by molar-refractivity contribution is 5.42. The summed E-state index contributed by atoms with van der Waals surface area (Å²) in [5.41, 5.74) is 0.620. The van der Waals surface area contributed by atoms with Gasteiger partial charge in [0.1, 0.15) is 5.69 Å². The van der Waals surface area contributed by atoms with Gasteiger partial charge in [0, 0.05) is 5.92 Å². The van der Waals surface area contributed by atoms with Crippen LogP contribution in [0.25, 0.3) is 0 Å². The van der Waals surface area contributed by atoms with Crippen molar-refractivity contribution in [3.8, 4) is 0 Å². The van der Waals surface area contributed by atoms with Crippen LogP contribution in [0.5, 0.6) is 0 Å². The van der Waals surface area contributed by atoms with Crippen molar-refractivity contribution >= 4 is 5.69 Å². The molecule has 5 heteroatoms. The van der Waals surface area contributed by atoms with Crippen LogP contribution in [0.3, 0.4) is 0 Å². The molecule has 0 radical (unpaired) electrons. The molecule has 0 N–H and O–H groups in total. The first-order valence-corrected chi connectivity index (χ1v) is 4.82. The van der Waals surface area contributed by atoms with Crippen molar-refractivity contribution in [2.75, 3.05) is 24.8 Å². The van der Waals surface area contributed by atoms with Gasteiger partial charge in [0.2, 0.25) is 0 Å². The summed E-state index contributed by atoms with van der Waals surface area (Å²) in [5.74, 6) is 0.274. The van der Waals surface area contributed by atoms with Crippen molar-refractivity contribution in [3.05, 3.63) is 40.4 Å². The molecule has 0 saturated carbocycles. The fraction of sp³-hybridized carbons (Fsp3) is 0.400. The third-order valence-corrected chi connectivity index (χ3v) is 2.39. The number of benzene rings is 1. The molecule has 1 aromatic rings. The molecule has 0 amide bonds. The standard InChI is InChI=1S/C10H12N2O3/c13-12(14)11(6-9-7-15-8-9)10-4-2-1-3-5-10/h1-5,9H,6-8H2. The van der Waals surface area contributed by atoms with Gasteiger partial charge in [-0.1, -0.05) is 23.2 Å². The Morgan fingerprint density at radius 3 is 2.53 bits per heavy atom. The monoisotopic (exact) mass is 208 g/mol. The molecule has 2 rings (SSSR count). The number of nitrogens with zero attached hydrogens (tertiary/aromatic N) is 2. The summed E-state index contributed by atoms with van der Waals surface area (Å²) in [6.45, 7) is 1.66. The third kappa shape index (κ3) is 2.24. The Kier molecular flexibility index (Phi) is 2.82. The summed E-state index contributed by atoms with van der Waals surface area (Å²) in [6, 6.07) is 8.91. The zero-order valence-corrected chi connectivity index (χ0v) is 8.20. The molecule has 1 saturated heterocycles. The SMILES string of the molecule is O=[N+]([O-])N(CC1COC1)c1ccccc1. The van der Waals surface area contributed by atoms with Gasteiger partial charge in [-0.2, -0.15) is 0 Å². The first-order chi connectivity index (χ1) is 7.27. The molecule has 0 aliphatic carbocycles. The average molecular weight is 208 g/mol. The fourth-order valence-corrected chi connectivity index (χ4v) is 1.50. The Morgan fingerprint density at radius 2 is 2.07 bits per heavy atom. The average Bonchev–Trinajstić information content (AvgIpc) is 2.17. The zero-order chi connectivity index (χ0) is 10.7. The number of anilines is 1. The molecule has 1 aliphatic heterocycles. The molecule has 1 fully saturated rings. The van der Waals surface area contributed by atoms with Crippen LogP contribution in [0, 0.1) is 16.0 Å². The van der Waals surface area contributed by atoms with E-state index in [0.29, 0.717) is 25.4 Å². The molecule has 0 spiro atoms. The Balaban J connectivity index is 2.08. The lowest BCUT2D eigenvalue weighted by molar-refractivity contribution is -0.496. The quantitative estimate of drug-likeness (QED) is 0.553. The van der Waals surface area contributed by atoms with Gasteiger partial charge in [-0.3, -0.25) is 0 Å². The van der Waals surface area contributed by atoms with Crippen molar-refractivity contribution in [3.63, 3.8) is 0 Å². The Labute approximate surface area is 87.4 Å². The fourth-order valence-electron chi connectivity index (χ4n) is 1.50. The van der Waals surface area contributed by atoms with Gasteiger partial charge >= 0.3 is 0 Å². The van der Waals surface area contributed by atoms with Crippen LogP contribution in [0.1, 0.15) is 0 Å². The van der Waals surface area contributed by atoms with Crippen molar-refractivity contribution < 1.29 is 9.77 Å². The number of nitro groups is 1. The first kappa shape index (κ1) is 9.92. The number of ether oxygens (including phenoxy) is 1. The van der Waals surface area contributed by atoms with E-state index in [9.17, 15) is 10.1 Å². The lowest BCUT2D eigenvalue weighted by Gasteiger charge is -2.27. The molecular weight excluding hydrogens is 196 g/mol. The molecule has 15 heavy (non-hydrogen) atoms. The minimum absolute atomic E-state index is 0.274. The second-order valence-corrected chi connectivity index (χ2v) is 3.56. The van der Waals surface area contributed by atoms with Gasteiger partial charge < -0.3 is 4.74 Å². The van der Waals surface area contributed by atoms with Crippen LogP contribution in [0.15, 0.2) is 30.3 Å². The van der Waals surface area contributed by atoms with E-state index >= 15 is 0 Å². The molecule has 0 atom stereocenters. The summed E-state index contributed by atoms with van der Waals surface area (Å²) < 4.78 is 5.00. The van der Waals surface area contributed by atoms with Gasteiger partial charge in [-0.25, -0.2) is 10.1 Å². The van der Waals surface area contributed by atoms with E-state index in [1.54, 1.807) is 24.3 Å². The summed E-state index contributed by atoms with van der Waals surface area (Å²) in [5, 5.41) is 11.7. The molecule has 0 aromatic heterocycles. The zero-order valence-electron chi connectivity index (χ0n) is 8.20. The highest BCUT2D eigenvalue weighted by Gasteiger charge is 2.27. The maximum atomic E-state index is 10.9. The van der Waals surface area contributed by atoms with Crippen LogP contribution in [-0.2, 0) is 4.74 Å². The van der Waals surface area contributed by atoms with Crippen LogP contribution >= 0.6 is 0 Å². The maximum Gasteiger partial charge on any atom is 0.165 e. The number of hydrogen-bond donors (Lipinski definition) is 0. The highest BCUT2D eigenvalue weighted by Crippen LogP contribution is 2.18. The second-order valence-electron chi connectivity index (χ2n) is 3.56. The van der Waals surface area contributed by atoms with Crippen LogP contribution in [0.4, 0.5) is 5.69 Å². The van der Waals surface area contributed by atoms with E-state index in [1.165, 1.54) is 5.01 Å². The smallest absolute Gasteiger partial charge is 0.165 e. The van der Waals surface area contributed by atoms with Gasteiger partial charge in [0.15, 0.2) is 5.03 Å². The van der Waals surface area contributed by atoms with E-state index < -0.39 is 0 Å². The molecule has 1 aliphatic rings. The number of hydrazine groups is 1. The highest BCUT2D eigenvalue weighted by atomic mass is 16.7. The van der Waals surface area contributed by atoms with Gasteiger partial charge in [0.05, 0.1) is 19.8 Å². The van der Waals surface area contributed by atoms with E-state index in [0.717, 1.165) is 0 Å². The topological polar surface area (TPSA) is 55.6 Å². The van der Waals surface area contributed by atoms with Gasteiger partial charge in [0.25, 0.3) is 0 Å². The van der Waals surface area contributed by atoms with E-state index in [4.69, 9.17) is 4.74 Å².